The Morgan fingerprint density at radius 3 is 2.53 bits per heavy atom. The quantitative estimate of drug-likeness (QED) is 0.595. The average molecular weight is 225 g/mol. The molecule has 0 saturated heterocycles. The Morgan fingerprint density at radius 1 is 0.882 bits per heavy atom. The molecular weight excluding hydrogens is 214 g/mol. The van der Waals surface area contributed by atoms with Crippen LogP contribution in [0.4, 0.5) is 0 Å². The van der Waals surface area contributed by atoms with Gasteiger partial charge >= 0.3 is 0 Å². The third-order valence-corrected chi connectivity index (χ3v) is 2.80. The summed E-state index contributed by atoms with van der Waals surface area (Å²) in [6.07, 6.45) is 0. The normalized spacial score (nSPS) is 10.8. The number of aromatic hydroxyl groups is 2. The van der Waals surface area contributed by atoms with Crippen molar-refractivity contribution in [2.45, 2.75) is 0 Å². The molecule has 1 heterocycles. The van der Waals surface area contributed by atoms with Gasteiger partial charge in [0.1, 0.15) is 11.5 Å². The minimum atomic E-state index is 0.236. The van der Waals surface area contributed by atoms with E-state index in [4.69, 9.17) is 0 Å². The highest BCUT2D eigenvalue weighted by molar-refractivity contribution is 5.87. The molecular formula is C14H11NO2. The zero-order chi connectivity index (χ0) is 11.8. The summed E-state index contributed by atoms with van der Waals surface area (Å²) in [6, 6.07) is 14.2. The van der Waals surface area contributed by atoms with Crippen molar-refractivity contribution in [3.8, 4) is 22.8 Å². The van der Waals surface area contributed by atoms with Crippen LogP contribution in [0, 0.1) is 0 Å². The molecule has 3 N–H and O–H groups in total. The van der Waals surface area contributed by atoms with Gasteiger partial charge in [0.25, 0.3) is 0 Å². The van der Waals surface area contributed by atoms with E-state index in [1.165, 1.54) is 0 Å². The van der Waals surface area contributed by atoms with E-state index < -0.39 is 0 Å². The molecule has 0 unspecified atom stereocenters. The van der Waals surface area contributed by atoms with Crippen LogP contribution in [0.2, 0.25) is 0 Å². The Morgan fingerprint density at radius 2 is 1.71 bits per heavy atom. The van der Waals surface area contributed by atoms with Crippen LogP contribution in [0.1, 0.15) is 0 Å². The van der Waals surface area contributed by atoms with Crippen molar-refractivity contribution >= 4 is 10.9 Å². The zero-order valence-corrected chi connectivity index (χ0v) is 9.01. The monoisotopic (exact) mass is 225 g/mol. The molecule has 3 rings (SSSR count). The van der Waals surface area contributed by atoms with Crippen molar-refractivity contribution in [2.24, 2.45) is 0 Å². The van der Waals surface area contributed by atoms with Crippen LogP contribution in [0.25, 0.3) is 22.2 Å². The summed E-state index contributed by atoms with van der Waals surface area (Å²) in [7, 11) is 0. The van der Waals surface area contributed by atoms with Crippen molar-refractivity contribution in [1.82, 2.24) is 4.98 Å². The van der Waals surface area contributed by atoms with Gasteiger partial charge in [0.15, 0.2) is 0 Å². The Bertz CT molecular complexity index is 686. The van der Waals surface area contributed by atoms with Gasteiger partial charge in [-0.15, -0.1) is 0 Å². The van der Waals surface area contributed by atoms with Crippen molar-refractivity contribution in [3.63, 3.8) is 0 Å². The maximum absolute atomic E-state index is 9.77. The lowest BCUT2D eigenvalue weighted by Gasteiger charge is -2.00. The molecule has 0 aliphatic rings. The Labute approximate surface area is 98.0 Å². The van der Waals surface area contributed by atoms with Gasteiger partial charge in [-0.25, -0.2) is 0 Å². The highest BCUT2D eigenvalue weighted by Crippen LogP contribution is 2.31. The number of aromatic amines is 1. The fourth-order valence-electron chi connectivity index (χ4n) is 1.97. The smallest absolute Gasteiger partial charge is 0.124 e. The summed E-state index contributed by atoms with van der Waals surface area (Å²) in [5.74, 6) is 0.476. The lowest BCUT2D eigenvalue weighted by molar-refractivity contribution is 0.476. The highest BCUT2D eigenvalue weighted by Gasteiger charge is 2.07. The van der Waals surface area contributed by atoms with Gasteiger partial charge in [0.2, 0.25) is 0 Å². The van der Waals surface area contributed by atoms with Crippen LogP contribution in [0.15, 0.2) is 48.5 Å². The zero-order valence-electron chi connectivity index (χ0n) is 9.01. The van der Waals surface area contributed by atoms with Crippen LogP contribution in [0.5, 0.6) is 11.5 Å². The predicted molar refractivity (Wildman–Crippen MR) is 67.1 cm³/mol. The molecule has 0 aliphatic heterocycles. The molecule has 0 spiro atoms. The molecule has 3 aromatic rings. The van der Waals surface area contributed by atoms with E-state index in [0.29, 0.717) is 0 Å². The minimum Gasteiger partial charge on any atom is -0.508 e. The van der Waals surface area contributed by atoms with E-state index in [0.717, 1.165) is 22.2 Å². The van der Waals surface area contributed by atoms with Crippen LogP contribution in [0.3, 0.4) is 0 Å². The van der Waals surface area contributed by atoms with Gasteiger partial charge in [-0.3, -0.25) is 0 Å². The van der Waals surface area contributed by atoms with Gasteiger partial charge in [0, 0.05) is 16.5 Å². The maximum atomic E-state index is 9.77. The standard InChI is InChI=1S/C14H11NO2/c16-10-5-6-12-9(7-10)8-13(15-12)11-3-1-2-4-14(11)17/h1-8,15-17H. The van der Waals surface area contributed by atoms with Gasteiger partial charge in [-0.2, -0.15) is 0 Å². The average Bonchev–Trinajstić information content (AvgIpc) is 2.72. The lowest BCUT2D eigenvalue weighted by Crippen LogP contribution is -1.77. The van der Waals surface area contributed by atoms with Gasteiger partial charge in [-0.1, -0.05) is 12.1 Å². The van der Waals surface area contributed by atoms with Crippen molar-refractivity contribution in [1.29, 1.82) is 0 Å². The van der Waals surface area contributed by atoms with Crippen LogP contribution < -0.4 is 0 Å². The summed E-state index contributed by atoms with van der Waals surface area (Å²) in [5.41, 5.74) is 2.52. The van der Waals surface area contributed by atoms with Gasteiger partial charge in [-0.05, 0) is 36.4 Å². The van der Waals surface area contributed by atoms with Crippen LogP contribution in [-0.4, -0.2) is 15.2 Å². The van der Waals surface area contributed by atoms with Crippen molar-refractivity contribution in [3.05, 3.63) is 48.5 Å². The van der Waals surface area contributed by atoms with Gasteiger partial charge < -0.3 is 15.2 Å². The number of phenolic OH excluding ortho intramolecular Hbond substituents is 2. The first-order valence-corrected chi connectivity index (χ1v) is 5.34. The van der Waals surface area contributed by atoms with Crippen LogP contribution in [-0.2, 0) is 0 Å². The number of H-pyrrole nitrogens is 1. The summed E-state index contributed by atoms with van der Waals surface area (Å²) >= 11 is 0. The fourth-order valence-corrected chi connectivity index (χ4v) is 1.97. The second-order valence-corrected chi connectivity index (χ2v) is 3.97. The number of phenols is 2. The topological polar surface area (TPSA) is 56.2 Å². The summed E-state index contributed by atoms with van der Waals surface area (Å²) in [5, 5.41) is 20.1. The number of nitrogens with one attached hydrogen (secondary N) is 1. The van der Waals surface area contributed by atoms with E-state index in [1.807, 2.05) is 24.3 Å². The molecule has 3 nitrogen and oxygen atoms in total. The number of para-hydroxylation sites is 1. The molecule has 2 aromatic carbocycles. The second kappa shape index (κ2) is 3.56. The number of aromatic nitrogens is 1. The number of hydrogen-bond donors (Lipinski definition) is 3. The van der Waals surface area contributed by atoms with E-state index in [9.17, 15) is 10.2 Å². The molecule has 17 heavy (non-hydrogen) atoms. The molecule has 0 fully saturated rings. The molecule has 1 aromatic heterocycles. The summed E-state index contributed by atoms with van der Waals surface area (Å²) in [4.78, 5) is 3.21. The first-order valence-electron chi connectivity index (χ1n) is 5.34. The molecule has 84 valence electrons. The second-order valence-electron chi connectivity index (χ2n) is 3.97. The summed E-state index contributed by atoms with van der Waals surface area (Å²) < 4.78 is 0. The Balaban J connectivity index is 2.22. The number of fused-ring (bicyclic) bond motifs is 1. The van der Waals surface area contributed by atoms with Crippen molar-refractivity contribution in [2.75, 3.05) is 0 Å². The van der Waals surface area contributed by atoms with E-state index in [-0.39, 0.29) is 11.5 Å². The summed E-state index contributed by atoms with van der Waals surface area (Å²) in [6.45, 7) is 0. The fraction of sp³-hybridized carbons (Fsp3) is 0. The highest BCUT2D eigenvalue weighted by atomic mass is 16.3. The largest absolute Gasteiger partial charge is 0.508 e. The number of benzene rings is 2. The third-order valence-electron chi connectivity index (χ3n) is 2.80. The molecule has 3 heteroatoms. The minimum absolute atomic E-state index is 0.236. The van der Waals surface area contributed by atoms with Gasteiger partial charge in [0.05, 0.1) is 5.69 Å². The third kappa shape index (κ3) is 1.61. The van der Waals surface area contributed by atoms with E-state index >= 15 is 0 Å². The van der Waals surface area contributed by atoms with E-state index in [1.54, 1.807) is 24.3 Å². The first-order chi connectivity index (χ1) is 8.24. The molecule has 0 atom stereocenters. The molecule has 0 radical (unpaired) electrons. The predicted octanol–water partition coefficient (Wildman–Crippen LogP) is 3.25. The molecule has 0 saturated carbocycles. The maximum Gasteiger partial charge on any atom is 0.124 e. The molecule has 0 aliphatic carbocycles. The number of hydrogen-bond acceptors (Lipinski definition) is 2. The Kier molecular flexibility index (Phi) is 2.05. The lowest BCUT2D eigenvalue weighted by atomic mass is 10.1. The molecule has 0 amide bonds. The molecule has 0 bridgehead atoms. The van der Waals surface area contributed by atoms with Crippen LogP contribution >= 0.6 is 0 Å². The SMILES string of the molecule is Oc1ccc2[nH]c(-c3ccccc3O)cc2c1. The Hall–Kier alpha value is -2.42. The van der Waals surface area contributed by atoms with Crippen molar-refractivity contribution < 1.29 is 10.2 Å². The first kappa shape index (κ1) is 9.78. The number of rotatable bonds is 1. The van der Waals surface area contributed by atoms with E-state index in [2.05, 4.69) is 4.98 Å².